The topological polar surface area (TPSA) is 15.3 Å². The molecule has 4 heteroatoms. The summed E-state index contributed by atoms with van der Waals surface area (Å²) in [6.45, 7) is 9.69. The maximum atomic E-state index is 6.28. The summed E-state index contributed by atoms with van der Waals surface area (Å²) in [6, 6.07) is 6.34. The largest absolute Gasteiger partial charge is 0.309 e. The van der Waals surface area contributed by atoms with Gasteiger partial charge in [0.05, 0.1) is 0 Å². The summed E-state index contributed by atoms with van der Waals surface area (Å²) >= 11 is 12.2. The van der Waals surface area contributed by atoms with Gasteiger partial charge in [0.25, 0.3) is 0 Å². The fraction of sp³-hybridized carbons (Fsp3) is 0.600. The van der Waals surface area contributed by atoms with Crippen LogP contribution in [0.25, 0.3) is 0 Å². The highest BCUT2D eigenvalue weighted by molar-refractivity contribution is 6.35. The third-order valence-corrected chi connectivity index (χ3v) is 4.38. The van der Waals surface area contributed by atoms with Crippen LogP contribution in [0.4, 0.5) is 0 Å². The standard InChI is InChI=1S/C15H22Cl2N2/c1-4-13-8-18-15(2,3)10-19(13)9-11-5-6-12(16)7-14(11)17/h5-7,13,18H,4,8-10H2,1-3H3. The SMILES string of the molecule is CCC1CNC(C)(C)CN1Cc1ccc(Cl)cc1Cl. The van der Waals surface area contributed by atoms with Crippen molar-refractivity contribution in [2.45, 2.75) is 45.3 Å². The molecule has 106 valence electrons. The zero-order valence-electron chi connectivity index (χ0n) is 11.8. The first kappa shape index (κ1) is 15.1. The molecule has 0 amide bonds. The van der Waals surface area contributed by atoms with Gasteiger partial charge in [0.2, 0.25) is 0 Å². The van der Waals surface area contributed by atoms with E-state index in [1.165, 1.54) is 0 Å². The molecule has 1 aliphatic heterocycles. The van der Waals surface area contributed by atoms with Crippen molar-refractivity contribution >= 4 is 23.2 Å². The highest BCUT2D eigenvalue weighted by Gasteiger charge is 2.31. The molecule has 19 heavy (non-hydrogen) atoms. The molecule has 0 radical (unpaired) electrons. The van der Waals surface area contributed by atoms with Crippen LogP contribution in [0, 0.1) is 0 Å². The van der Waals surface area contributed by atoms with E-state index in [0.29, 0.717) is 11.1 Å². The van der Waals surface area contributed by atoms with Crippen LogP contribution in [0.5, 0.6) is 0 Å². The van der Waals surface area contributed by atoms with Crippen molar-refractivity contribution in [1.29, 1.82) is 0 Å². The molecule has 1 fully saturated rings. The Kier molecular flexibility index (Phi) is 4.78. The molecule has 0 spiro atoms. The van der Waals surface area contributed by atoms with Crippen LogP contribution in [0.1, 0.15) is 32.8 Å². The van der Waals surface area contributed by atoms with Gasteiger partial charge >= 0.3 is 0 Å². The minimum Gasteiger partial charge on any atom is -0.309 e. The van der Waals surface area contributed by atoms with Crippen molar-refractivity contribution in [3.05, 3.63) is 33.8 Å². The first-order valence-electron chi connectivity index (χ1n) is 6.84. The monoisotopic (exact) mass is 300 g/mol. The van der Waals surface area contributed by atoms with Gasteiger partial charge in [-0.05, 0) is 38.0 Å². The summed E-state index contributed by atoms with van der Waals surface area (Å²) in [5, 5.41) is 5.06. The van der Waals surface area contributed by atoms with Crippen LogP contribution in [-0.4, -0.2) is 29.6 Å². The van der Waals surface area contributed by atoms with Gasteiger partial charge in [-0.2, -0.15) is 0 Å². The number of hydrogen-bond acceptors (Lipinski definition) is 2. The summed E-state index contributed by atoms with van der Waals surface area (Å²) in [6.07, 6.45) is 1.15. The Morgan fingerprint density at radius 3 is 2.74 bits per heavy atom. The Balaban J connectivity index is 2.14. The molecule has 1 heterocycles. The summed E-state index contributed by atoms with van der Waals surface area (Å²) in [4.78, 5) is 2.52. The molecule has 1 saturated heterocycles. The average Bonchev–Trinajstić information content (AvgIpc) is 2.32. The molecule has 1 N–H and O–H groups in total. The maximum Gasteiger partial charge on any atom is 0.0465 e. The van der Waals surface area contributed by atoms with E-state index in [0.717, 1.165) is 36.6 Å². The zero-order valence-corrected chi connectivity index (χ0v) is 13.4. The van der Waals surface area contributed by atoms with Crippen LogP contribution >= 0.6 is 23.2 Å². The first-order valence-corrected chi connectivity index (χ1v) is 7.60. The second-order valence-corrected chi connectivity index (χ2v) is 6.81. The van der Waals surface area contributed by atoms with Crippen LogP contribution < -0.4 is 5.32 Å². The van der Waals surface area contributed by atoms with Gasteiger partial charge in [-0.3, -0.25) is 4.90 Å². The molecule has 0 bridgehead atoms. The Morgan fingerprint density at radius 2 is 2.11 bits per heavy atom. The molecule has 1 aliphatic rings. The maximum absolute atomic E-state index is 6.28. The van der Waals surface area contributed by atoms with Crippen molar-refractivity contribution in [2.75, 3.05) is 13.1 Å². The summed E-state index contributed by atoms with van der Waals surface area (Å²) < 4.78 is 0. The average molecular weight is 301 g/mol. The number of nitrogens with one attached hydrogen (secondary N) is 1. The smallest absolute Gasteiger partial charge is 0.0465 e. The molecule has 1 aromatic rings. The molecule has 2 nitrogen and oxygen atoms in total. The number of benzene rings is 1. The van der Waals surface area contributed by atoms with Crippen LogP contribution in [0.15, 0.2) is 18.2 Å². The lowest BCUT2D eigenvalue weighted by molar-refractivity contribution is 0.0859. The van der Waals surface area contributed by atoms with Gasteiger partial charge in [-0.15, -0.1) is 0 Å². The van der Waals surface area contributed by atoms with E-state index in [1.807, 2.05) is 18.2 Å². The Labute approximate surface area is 126 Å². The molecular weight excluding hydrogens is 279 g/mol. The number of rotatable bonds is 3. The van der Waals surface area contributed by atoms with E-state index in [4.69, 9.17) is 23.2 Å². The zero-order chi connectivity index (χ0) is 14.0. The van der Waals surface area contributed by atoms with E-state index in [2.05, 4.69) is 31.0 Å². The number of halogens is 2. The Morgan fingerprint density at radius 1 is 1.37 bits per heavy atom. The fourth-order valence-corrected chi connectivity index (χ4v) is 3.14. The van der Waals surface area contributed by atoms with Crippen molar-refractivity contribution in [3.8, 4) is 0 Å². The molecule has 1 atom stereocenters. The van der Waals surface area contributed by atoms with Crippen molar-refractivity contribution in [1.82, 2.24) is 10.2 Å². The third-order valence-electron chi connectivity index (χ3n) is 3.79. The quantitative estimate of drug-likeness (QED) is 0.909. The number of hydrogen-bond donors (Lipinski definition) is 1. The molecule has 0 saturated carbocycles. The minimum atomic E-state index is 0.157. The van der Waals surface area contributed by atoms with Crippen molar-refractivity contribution in [2.24, 2.45) is 0 Å². The van der Waals surface area contributed by atoms with Gasteiger partial charge in [0, 0.05) is 41.3 Å². The van der Waals surface area contributed by atoms with E-state index in [9.17, 15) is 0 Å². The second-order valence-electron chi connectivity index (χ2n) is 5.97. The number of nitrogens with zero attached hydrogens (tertiary/aromatic N) is 1. The molecule has 1 unspecified atom stereocenters. The molecule has 1 aromatic carbocycles. The lowest BCUT2D eigenvalue weighted by atomic mass is 9.97. The minimum absolute atomic E-state index is 0.157. The van der Waals surface area contributed by atoms with E-state index >= 15 is 0 Å². The highest BCUT2D eigenvalue weighted by Crippen LogP contribution is 2.25. The van der Waals surface area contributed by atoms with Gasteiger partial charge in [-0.25, -0.2) is 0 Å². The Bertz CT molecular complexity index is 446. The van der Waals surface area contributed by atoms with Crippen LogP contribution in [0.2, 0.25) is 10.0 Å². The molecule has 2 rings (SSSR count). The fourth-order valence-electron chi connectivity index (χ4n) is 2.67. The van der Waals surface area contributed by atoms with Gasteiger partial charge in [0.1, 0.15) is 0 Å². The predicted molar refractivity (Wildman–Crippen MR) is 83.0 cm³/mol. The lowest BCUT2D eigenvalue weighted by Crippen LogP contribution is -2.61. The third kappa shape index (κ3) is 3.85. The van der Waals surface area contributed by atoms with Crippen LogP contribution in [0.3, 0.4) is 0 Å². The summed E-state index contributed by atoms with van der Waals surface area (Å²) in [5.41, 5.74) is 1.31. The summed E-state index contributed by atoms with van der Waals surface area (Å²) in [7, 11) is 0. The predicted octanol–water partition coefficient (Wildman–Crippen LogP) is 3.96. The van der Waals surface area contributed by atoms with Crippen molar-refractivity contribution in [3.63, 3.8) is 0 Å². The van der Waals surface area contributed by atoms with Crippen LogP contribution in [-0.2, 0) is 6.54 Å². The van der Waals surface area contributed by atoms with E-state index < -0.39 is 0 Å². The molecule has 0 aliphatic carbocycles. The normalized spacial score (nSPS) is 23.5. The van der Waals surface area contributed by atoms with Crippen molar-refractivity contribution < 1.29 is 0 Å². The lowest BCUT2D eigenvalue weighted by Gasteiger charge is -2.44. The first-order chi connectivity index (χ1) is 8.91. The molecule has 0 aromatic heterocycles. The van der Waals surface area contributed by atoms with Gasteiger partial charge in [0.15, 0.2) is 0 Å². The van der Waals surface area contributed by atoms with Gasteiger partial charge < -0.3 is 5.32 Å². The second kappa shape index (κ2) is 6.01. The molecular formula is C15H22Cl2N2. The Hall–Kier alpha value is -0.280. The highest BCUT2D eigenvalue weighted by atomic mass is 35.5. The van der Waals surface area contributed by atoms with Gasteiger partial charge in [-0.1, -0.05) is 36.2 Å². The van der Waals surface area contributed by atoms with E-state index in [1.54, 1.807) is 0 Å². The number of piperazine rings is 1. The summed E-state index contributed by atoms with van der Waals surface area (Å²) in [5.74, 6) is 0. The van der Waals surface area contributed by atoms with E-state index in [-0.39, 0.29) is 5.54 Å².